The summed E-state index contributed by atoms with van der Waals surface area (Å²) in [6.07, 6.45) is 5.44. The van der Waals surface area contributed by atoms with E-state index >= 15 is 0 Å². The molecule has 2 aromatic heterocycles. The van der Waals surface area contributed by atoms with E-state index in [2.05, 4.69) is 31.0 Å². The van der Waals surface area contributed by atoms with Crippen LogP contribution in [0.5, 0.6) is 11.5 Å². The largest absolute Gasteiger partial charge is 0.493 e. The highest BCUT2D eigenvalue weighted by Gasteiger charge is 2.13. The standard InChI is InChI=1S/C23H23N3O3/c1-15(2)16-5-8-18(9-6-16)26-12-11-25-14-19(24-22(25)23(26)27)17-7-10-20(28-3)21(13-17)29-4/h5-15H,1-4H3. The number of aromatic nitrogens is 3. The van der Waals surface area contributed by atoms with Gasteiger partial charge in [-0.1, -0.05) is 26.0 Å². The predicted molar refractivity (Wildman–Crippen MR) is 113 cm³/mol. The molecule has 2 aromatic carbocycles. The molecule has 6 nitrogen and oxygen atoms in total. The SMILES string of the molecule is COc1ccc(-c2cn3ccn(-c4ccc(C(C)C)cc4)c(=O)c3n2)cc1OC. The molecule has 0 atom stereocenters. The molecule has 0 radical (unpaired) electrons. The summed E-state index contributed by atoms with van der Waals surface area (Å²) in [5, 5.41) is 0. The Morgan fingerprint density at radius 1 is 0.931 bits per heavy atom. The van der Waals surface area contributed by atoms with Crippen molar-refractivity contribution in [3.05, 3.63) is 77.0 Å². The molecule has 0 saturated heterocycles. The number of hydrogen-bond donors (Lipinski definition) is 0. The molecule has 0 aliphatic heterocycles. The summed E-state index contributed by atoms with van der Waals surface area (Å²) in [6.45, 7) is 4.29. The quantitative estimate of drug-likeness (QED) is 0.511. The zero-order valence-corrected chi connectivity index (χ0v) is 16.9. The predicted octanol–water partition coefficient (Wildman–Crippen LogP) is 4.29. The Hall–Kier alpha value is -3.54. The van der Waals surface area contributed by atoms with Gasteiger partial charge in [0.15, 0.2) is 11.5 Å². The van der Waals surface area contributed by atoms with Crippen molar-refractivity contribution in [1.82, 2.24) is 14.0 Å². The molecular weight excluding hydrogens is 366 g/mol. The minimum absolute atomic E-state index is 0.170. The van der Waals surface area contributed by atoms with Gasteiger partial charge in [0, 0.05) is 29.8 Å². The number of methoxy groups -OCH3 is 2. The van der Waals surface area contributed by atoms with E-state index in [1.807, 2.05) is 42.7 Å². The smallest absolute Gasteiger partial charge is 0.298 e. The van der Waals surface area contributed by atoms with Crippen LogP contribution in [0.15, 0.2) is 65.8 Å². The van der Waals surface area contributed by atoms with Gasteiger partial charge in [-0.2, -0.15) is 0 Å². The summed E-state index contributed by atoms with van der Waals surface area (Å²) >= 11 is 0. The molecule has 0 aliphatic carbocycles. The van der Waals surface area contributed by atoms with Crippen LogP contribution in [-0.4, -0.2) is 28.2 Å². The van der Waals surface area contributed by atoms with Gasteiger partial charge in [0.2, 0.25) is 5.65 Å². The third-order valence-electron chi connectivity index (χ3n) is 5.04. The van der Waals surface area contributed by atoms with Gasteiger partial charge in [-0.3, -0.25) is 9.36 Å². The molecule has 0 fully saturated rings. The fraction of sp³-hybridized carbons (Fsp3) is 0.217. The first-order valence-electron chi connectivity index (χ1n) is 9.45. The maximum atomic E-state index is 13.1. The summed E-state index contributed by atoms with van der Waals surface area (Å²) in [5.41, 5.74) is 3.79. The number of rotatable bonds is 5. The van der Waals surface area contributed by atoms with Crippen LogP contribution < -0.4 is 15.0 Å². The molecule has 6 heteroatoms. The van der Waals surface area contributed by atoms with E-state index in [9.17, 15) is 4.79 Å². The Kier molecular flexibility index (Phi) is 4.84. The summed E-state index contributed by atoms with van der Waals surface area (Å²) in [4.78, 5) is 17.6. The summed E-state index contributed by atoms with van der Waals surface area (Å²) in [5.74, 6) is 1.71. The molecule has 0 bridgehead atoms. The van der Waals surface area contributed by atoms with Crippen molar-refractivity contribution in [2.24, 2.45) is 0 Å². The van der Waals surface area contributed by atoms with Crippen LogP contribution in [0.4, 0.5) is 0 Å². The molecular formula is C23H23N3O3. The van der Waals surface area contributed by atoms with Crippen molar-refractivity contribution in [2.45, 2.75) is 19.8 Å². The van der Waals surface area contributed by atoms with Crippen LogP contribution in [0.2, 0.25) is 0 Å². The lowest BCUT2D eigenvalue weighted by molar-refractivity contribution is 0.355. The monoisotopic (exact) mass is 389 g/mol. The Morgan fingerprint density at radius 2 is 1.66 bits per heavy atom. The van der Waals surface area contributed by atoms with Crippen molar-refractivity contribution in [3.8, 4) is 28.4 Å². The van der Waals surface area contributed by atoms with E-state index < -0.39 is 0 Å². The van der Waals surface area contributed by atoms with Gasteiger partial charge >= 0.3 is 0 Å². The van der Waals surface area contributed by atoms with Crippen molar-refractivity contribution >= 4 is 5.65 Å². The Labute approximate surface area is 169 Å². The first kappa shape index (κ1) is 18.8. The van der Waals surface area contributed by atoms with E-state index in [4.69, 9.17) is 9.47 Å². The van der Waals surface area contributed by atoms with Crippen molar-refractivity contribution in [1.29, 1.82) is 0 Å². The van der Waals surface area contributed by atoms with E-state index in [1.54, 1.807) is 29.4 Å². The topological polar surface area (TPSA) is 57.8 Å². The van der Waals surface area contributed by atoms with Gasteiger partial charge in [0.05, 0.1) is 19.9 Å². The zero-order valence-electron chi connectivity index (χ0n) is 16.9. The average molecular weight is 389 g/mol. The maximum Gasteiger partial charge on any atom is 0.298 e. The molecule has 0 unspecified atom stereocenters. The van der Waals surface area contributed by atoms with Gasteiger partial charge in [0.25, 0.3) is 5.56 Å². The molecule has 0 N–H and O–H groups in total. The van der Waals surface area contributed by atoms with Crippen LogP contribution in [0, 0.1) is 0 Å². The van der Waals surface area contributed by atoms with E-state index in [0.29, 0.717) is 28.8 Å². The van der Waals surface area contributed by atoms with E-state index in [-0.39, 0.29) is 5.56 Å². The number of benzene rings is 2. The maximum absolute atomic E-state index is 13.1. The van der Waals surface area contributed by atoms with Crippen molar-refractivity contribution in [3.63, 3.8) is 0 Å². The lowest BCUT2D eigenvalue weighted by Gasteiger charge is -2.09. The minimum atomic E-state index is -0.170. The van der Waals surface area contributed by atoms with Crippen LogP contribution in [0.25, 0.3) is 22.6 Å². The second-order valence-electron chi connectivity index (χ2n) is 7.15. The first-order chi connectivity index (χ1) is 14.0. The number of fused-ring (bicyclic) bond motifs is 1. The normalized spacial score (nSPS) is 11.2. The fourth-order valence-electron chi connectivity index (χ4n) is 3.34. The average Bonchev–Trinajstić information content (AvgIpc) is 3.19. The molecule has 0 amide bonds. The number of nitrogens with zero attached hydrogens (tertiary/aromatic N) is 3. The molecule has 0 spiro atoms. The second kappa shape index (κ2) is 7.47. The van der Waals surface area contributed by atoms with Crippen LogP contribution >= 0.6 is 0 Å². The highest BCUT2D eigenvalue weighted by atomic mass is 16.5. The number of hydrogen-bond acceptors (Lipinski definition) is 4. The molecule has 4 rings (SSSR count). The third-order valence-corrected chi connectivity index (χ3v) is 5.04. The van der Waals surface area contributed by atoms with Gasteiger partial charge < -0.3 is 13.9 Å². The zero-order chi connectivity index (χ0) is 20.5. The van der Waals surface area contributed by atoms with Gasteiger partial charge in [0.1, 0.15) is 0 Å². The molecule has 148 valence electrons. The van der Waals surface area contributed by atoms with Crippen LogP contribution in [0.1, 0.15) is 25.3 Å². The molecule has 0 saturated carbocycles. The summed E-state index contributed by atoms with van der Waals surface area (Å²) in [6, 6.07) is 13.6. The fourth-order valence-corrected chi connectivity index (χ4v) is 3.34. The summed E-state index contributed by atoms with van der Waals surface area (Å²) < 4.78 is 14.0. The number of imidazole rings is 1. The lowest BCUT2D eigenvalue weighted by Crippen LogP contribution is -2.19. The molecule has 0 aliphatic rings. The highest BCUT2D eigenvalue weighted by molar-refractivity contribution is 5.66. The Balaban J connectivity index is 1.78. The molecule has 4 aromatic rings. The minimum Gasteiger partial charge on any atom is -0.493 e. The Bertz CT molecular complexity index is 1220. The van der Waals surface area contributed by atoms with Gasteiger partial charge in [-0.25, -0.2) is 4.98 Å². The van der Waals surface area contributed by atoms with Crippen molar-refractivity contribution in [2.75, 3.05) is 14.2 Å². The first-order valence-corrected chi connectivity index (χ1v) is 9.45. The van der Waals surface area contributed by atoms with Gasteiger partial charge in [-0.05, 0) is 41.8 Å². The summed E-state index contributed by atoms with van der Waals surface area (Å²) in [7, 11) is 3.19. The van der Waals surface area contributed by atoms with Crippen LogP contribution in [0.3, 0.4) is 0 Å². The van der Waals surface area contributed by atoms with Crippen molar-refractivity contribution < 1.29 is 9.47 Å². The third kappa shape index (κ3) is 3.38. The van der Waals surface area contributed by atoms with E-state index in [0.717, 1.165) is 11.3 Å². The van der Waals surface area contributed by atoms with E-state index in [1.165, 1.54) is 5.56 Å². The van der Waals surface area contributed by atoms with Crippen LogP contribution in [-0.2, 0) is 0 Å². The molecule has 2 heterocycles. The molecule has 29 heavy (non-hydrogen) atoms. The number of ether oxygens (including phenoxy) is 2. The second-order valence-corrected chi connectivity index (χ2v) is 7.15. The lowest BCUT2D eigenvalue weighted by atomic mass is 10.0. The van der Waals surface area contributed by atoms with Gasteiger partial charge in [-0.15, -0.1) is 0 Å². The Morgan fingerprint density at radius 3 is 2.31 bits per heavy atom. The highest BCUT2D eigenvalue weighted by Crippen LogP contribution is 2.31.